The SMILES string of the molecule is CCN(CC1CCN(C(C(=O)NC(C=O)Cc2nc(-c3ccc4c(c3)c(CC(C)(C)COC)c(-c3cc(N5CCN(C6COC6)CC5)cnc3C(C)OC)n4CC)cs2)C2CCCC2)C1)C(=O)N(C)C(C)C1CC1. The highest BCUT2D eigenvalue weighted by molar-refractivity contribution is 7.10. The molecular formula is C58H85N9O6S. The molecule has 5 atom stereocenters. The standard InChI is InChI=1S/C58H85N9O6S/c1-10-63(57(70)62(7)38(3)41-16-17-41)31-40-20-21-66(32-40)54(42-14-12-13-15-42)56(69)60-44(33-68)27-52-61-50(36-74-52)43-18-19-51-47(26-43)49(29-58(5,6)37-71-8)55(67(51)11-2)48-28-45(30-59-53(48)39(4)72-9)64-22-24-65(25-23-64)46-34-73-35-46/h18-19,26,28,30,33,36,38-42,44,46,54H,10-17,20-25,27,29,31-32,34-35,37H2,1-9H3,(H,60,69). The number of aromatic nitrogens is 3. The highest BCUT2D eigenvalue weighted by Gasteiger charge is 2.41. The molecule has 3 aromatic heterocycles. The van der Waals surface area contributed by atoms with Crippen LogP contribution in [0.2, 0.25) is 0 Å². The van der Waals surface area contributed by atoms with Gasteiger partial charge >= 0.3 is 6.03 Å². The quantitative estimate of drug-likeness (QED) is 0.0716. The lowest BCUT2D eigenvalue weighted by Crippen LogP contribution is -2.56. The number of hydrogen-bond donors (Lipinski definition) is 1. The molecule has 74 heavy (non-hydrogen) atoms. The van der Waals surface area contributed by atoms with E-state index in [1.54, 1.807) is 14.2 Å². The Morgan fingerprint density at radius 2 is 1.76 bits per heavy atom. The minimum absolute atomic E-state index is 0.0655. The first-order valence-electron chi connectivity index (χ1n) is 27.9. The van der Waals surface area contributed by atoms with Gasteiger partial charge in [0.1, 0.15) is 6.29 Å². The van der Waals surface area contributed by atoms with Crippen LogP contribution in [-0.2, 0) is 43.2 Å². The number of carbonyl (C=O) groups is 3. The minimum atomic E-state index is -0.700. The fraction of sp³-hybridized carbons (Fsp3) is 0.672. The van der Waals surface area contributed by atoms with E-state index in [1.165, 1.54) is 35.1 Å². The molecule has 2 aliphatic carbocycles. The van der Waals surface area contributed by atoms with E-state index in [2.05, 4.69) is 95.8 Å². The number of hydrogen-bond acceptors (Lipinski definition) is 12. The van der Waals surface area contributed by atoms with Crippen molar-refractivity contribution in [2.75, 3.05) is 98.3 Å². The molecular weight excluding hydrogens is 951 g/mol. The zero-order chi connectivity index (χ0) is 52.3. The maximum Gasteiger partial charge on any atom is 0.319 e. The van der Waals surface area contributed by atoms with E-state index >= 15 is 0 Å². The summed E-state index contributed by atoms with van der Waals surface area (Å²) in [5.74, 6) is 1.08. The number of pyridine rings is 1. The highest BCUT2D eigenvalue weighted by Crippen LogP contribution is 2.43. The molecule has 404 valence electrons. The molecule has 16 heteroatoms. The summed E-state index contributed by atoms with van der Waals surface area (Å²) < 4.78 is 19.8. The number of carbonyl (C=O) groups excluding carboxylic acids is 3. The van der Waals surface area contributed by atoms with E-state index in [-0.39, 0.29) is 41.5 Å². The van der Waals surface area contributed by atoms with Crippen molar-refractivity contribution in [3.63, 3.8) is 0 Å². The van der Waals surface area contributed by atoms with Crippen molar-refractivity contribution in [2.45, 2.75) is 136 Å². The number of anilines is 1. The molecule has 0 bridgehead atoms. The molecule has 3 aliphatic heterocycles. The van der Waals surface area contributed by atoms with Gasteiger partial charge < -0.3 is 43.6 Å². The monoisotopic (exact) mass is 1040 g/mol. The maximum absolute atomic E-state index is 14.5. The van der Waals surface area contributed by atoms with Crippen LogP contribution in [0.25, 0.3) is 33.4 Å². The number of ether oxygens (including phenoxy) is 3. The molecule has 5 aliphatic rings. The molecule has 5 unspecified atom stereocenters. The topological polar surface area (TPSA) is 138 Å². The van der Waals surface area contributed by atoms with Gasteiger partial charge in [0.15, 0.2) is 0 Å². The number of rotatable bonds is 23. The fourth-order valence-corrected chi connectivity index (χ4v) is 13.5. The summed E-state index contributed by atoms with van der Waals surface area (Å²) in [7, 11) is 5.48. The molecule has 1 N–H and O–H groups in total. The third kappa shape index (κ3) is 11.9. The van der Waals surface area contributed by atoms with Crippen LogP contribution in [0.15, 0.2) is 35.8 Å². The summed E-state index contributed by atoms with van der Waals surface area (Å²) in [5, 5.41) is 7.25. The third-order valence-corrected chi connectivity index (χ3v) is 18.2. The van der Waals surface area contributed by atoms with E-state index in [1.807, 2.05) is 23.0 Å². The van der Waals surface area contributed by atoms with Gasteiger partial charge in [-0.3, -0.25) is 19.6 Å². The number of aldehydes is 1. The van der Waals surface area contributed by atoms with Crippen molar-refractivity contribution in [3.8, 4) is 22.5 Å². The normalized spacial score (nSPS) is 20.9. The molecule has 9 rings (SSSR count). The van der Waals surface area contributed by atoms with Crippen molar-refractivity contribution in [3.05, 3.63) is 52.1 Å². The lowest BCUT2D eigenvalue weighted by atomic mass is 9.84. The Morgan fingerprint density at radius 3 is 2.41 bits per heavy atom. The lowest BCUT2D eigenvalue weighted by molar-refractivity contribution is -0.130. The Labute approximate surface area is 444 Å². The van der Waals surface area contributed by atoms with Crippen molar-refractivity contribution in [2.24, 2.45) is 23.2 Å². The molecule has 5 fully saturated rings. The molecule has 4 aromatic rings. The number of benzene rings is 1. The summed E-state index contributed by atoms with van der Waals surface area (Å²) in [6.45, 7) is 22.9. The van der Waals surface area contributed by atoms with E-state index in [0.717, 1.165) is 148 Å². The summed E-state index contributed by atoms with van der Waals surface area (Å²) in [5.41, 5.74) is 8.34. The number of nitrogens with one attached hydrogen (secondary N) is 1. The van der Waals surface area contributed by atoms with Crippen LogP contribution in [0.5, 0.6) is 0 Å². The van der Waals surface area contributed by atoms with Crippen LogP contribution in [0.4, 0.5) is 10.5 Å². The molecule has 1 aromatic carbocycles. The number of methoxy groups -OCH3 is 2. The van der Waals surface area contributed by atoms with Crippen LogP contribution in [-0.4, -0.2) is 170 Å². The summed E-state index contributed by atoms with van der Waals surface area (Å²) in [6, 6.07) is 8.92. The van der Waals surface area contributed by atoms with Gasteiger partial charge in [-0.05, 0) is 120 Å². The highest BCUT2D eigenvalue weighted by atomic mass is 32.1. The maximum atomic E-state index is 14.5. The number of amides is 3. The molecule has 0 spiro atoms. The molecule has 2 saturated carbocycles. The van der Waals surface area contributed by atoms with Gasteiger partial charge in [0.2, 0.25) is 5.91 Å². The second-order valence-corrected chi connectivity index (χ2v) is 24.0. The Morgan fingerprint density at radius 1 is 1.00 bits per heavy atom. The zero-order valence-corrected chi connectivity index (χ0v) is 46.8. The Kier molecular flexibility index (Phi) is 17.5. The molecule has 3 amide bonds. The van der Waals surface area contributed by atoms with Gasteiger partial charge in [-0.25, -0.2) is 9.78 Å². The number of fused-ring (bicyclic) bond motifs is 1. The van der Waals surface area contributed by atoms with Crippen LogP contribution < -0.4 is 10.2 Å². The Bertz CT molecular complexity index is 2560. The van der Waals surface area contributed by atoms with Crippen molar-refractivity contribution >= 4 is 46.2 Å². The Hall–Kier alpha value is -4.45. The van der Waals surface area contributed by atoms with Crippen molar-refractivity contribution in [1.82, 2.24) is 39.5 Å². The van der Waals surface area contributed by atoms with Gasteiger partial charge in [-0.2, -0.15) is 0 Å². The molecule has 6 heterocycles. The van der Waals surface area contributed by atoms with Gasteiger partial charge in [-0.1, -0.05) is 32.8 Å². The van der Waals surface area contributed by atoms with E-state index in [0.29, 0.717) is 44.0 Å². The molecule has 0 radical (unpaired) electrons. The largest absolute Gasteiger partial charge is 0.384 e. The summed E-state index contributed by atoms with van der Waals surface area (Å²) >= 11 is 1.53. The number of likely N-dealkylation sites (tertiary alicyclic amines) is 1. The van der Waals surface area contributed by atoms with Gasteiger partial charge in [-0.15, -0.1) is 11.3 Å². The molecule has 3 saturated heterocycles. The van der Waals surface area contributed by atoms with E-state index in [4.69, 9.17) is 24.2 Å². The Balaban J connectivity index is 0.947. The predicted octanol–water partition coefficient (Wildman–Crippen LogP) is 8.57. The number of piperazine rings is 1. The smallest absolute Gasteiger partial charge is 0.319 e. The number of thiazole rings is 1. The summed E-state index contributed by atoms with van der Waals surface area (Å²) in [6.07, 6.45) is 11.4. The predicted molar refractivity (Wildman–Crippen MR) is 295 cm³/mol. The van der Waals surface area contributed by atoms with Gasteiger partial charge in [0, 0.05) is 113 Å². The van der Waals surface area contributed by atoms with E-state index in [9.17, 15) is 14.4 Å². The first-order chi connectivity index (χ1) is 35.7. The van der Waals surface area contributed by atoms with Gasteiger partial charge in [0.25, 0.3) is 0 Å². The molecule has 15 nitrogen and oxygen atoms in total. The van der Waals surface area contributed by atoms with Crippen molar-refractivity contribution < 1.29 is 28.6 Å². The second kappa shape index (κ2) is 23.8. The second-order valence-electron chi connectivity index (χ2n) is 23.0. The first kappa shape index (κ1) is 54.3. The zero-order valence-electron chi connectivity index (χ0n) is 45.9. The number of aryl methyl sites for hydroxylation is 1. The average molecular weight is 1040 g/mol. The van der Waals surface area contributed by atoms with Crippen LogP contribution in [0.3, 0.4) is 0 Å². The fourth-order valence-electron chi connectivity index (χ4n) is 12.6. The van der Waals surface area contributed by atoms with Crippen LogP contribution in [0, 0.1) is 23.2 Å². The average Bonchev–Trinajstić information content (AvgIpc) is 3.70. The summed E-state index contributed by atoms with van der Waals surface area (Å²) in [4.78, 5) is 62.6. The van der Waals surface area contributed by atoms with Gasteiger partial charge in [0.05, 0.1) is 78.0 Å². The van der Waals surface area contributed by atoms with Crippen LogP contribution >= 0.6 is 11.3 Å². The third-order valence-electron chi connectivity index (χ3n) is 17.3. The first-order valence-corrected chi connectivity index (χ1v) is 28.8. The number of urea groups is 1. The van der Waals surface area contributed by atoms with Crippen molar-refractivity contribution in [1.29, 1.82) is 0 Å². The van der Waals surface area contributed by atoms with E-state index < -0.39 is 6.04 Å². The van der Waals surface area contributed by atoms with Crippen LogP contribution in [0.1, 0.15) is 109 Å². The lowest BCUT2D eigenvalue weighted by Gasteiger charge is -2.43. The number of nitrogens with zero attached hydrogens (tertiary/aromatic N) is 8. The minimum Gasteiger partial charge on any atom is -0.384 e.